The van der Waals surface area contributed by atoms with E-state index in [2.05, 4.69) is 12.1 Å². The van der Waals surface area contributed by atoms with Crippen LogP contribution in [-0.4, -0.2) is 29.9 Å². The van der Waals surface area contributed by atoms with Crippen LogP contribution in [0.5, 0.6) is 0 Å². The molecule has 266 valence electrons. The fourth-order valence-electron chi connectivity index (χ4n) is 7.02. The smallest absolute Gasteiger partial charge is 0.164 e. The Morgan fingerprint density at radius 1 is 0.351 bits per heavy atom. The van der Waals surface area contributed by atoms with Gasteiger partial charge in [0.05, 0.1) is 11.6 Å². The first kappa shape index (κ1) is 33.4. The van der Waals surface area contributed by atoms with Gasteiger partial charge in [0.1, 0.15) is 11.2 Å². The molecular weight excluding hydrogens is 703 g/mol. The molecule has 7 aromatic carbocycles. The number of para-hydroxylation sites is 1. The Balaban J connectivity index is 1.10. The van der Waals surface area contributed by atoms with Crippen LogP contribution in [0, 0.1) is 11.3 Å². The summed E-state index contributed by atoms with van der Waals surface area (Å²) in [4.78, 5) is 29.4. The predicted octanol–water partition coefficient (Wildman–Crippen LogP) is 11.5. The van der Waals surface area contributed by atoms with Gasteiger partial charge in [0.15, 0.2) is 34.9 Å². The Morgan fingerprint density at radius 2 is 0.789 bits per heavy atom. The zero-order valence-corrected chi connectivity index (χ0v) is 30.3. The van der Waals surface area contributed by atoms with Crippen molar-refractivity contribution in [2.45, 2.75) is 0 Å². The molecule has 10 aromatic rings. The van der Waals surface area contributed by atoms with Gasteiger partial charge in [-0.1, -0.05) is 140 Å². The number of hydrogen-bond acceptors (Lipinski definition) is 8. The van der Waals surface area contributed by atoms with Gasteiger partial charge in [0, 0.05) is 49.7 Å². The SMILES string of the molecule is N#Cc1cc(-c2nc(-c3ccccc3)nc(-c3ccccc3)n2)cc(-c2cccc3c2oc2ccc(-c4nc(-c5ccccc5)nc(-c5ccccc5)n4)cc23)c1. The van der Waals surface area contributed by atoms with E-state index < -0.39 is 0 Å². The third-order valence-electron chi connectivity index (χ3n) is 9.79. The van der Waals surface area contributed by atoms with Crippen LogP contribution in [0.3, 0.4) is 0 Å². The number of fused-ring (bicyclic) bond motifs is 3. The van der Waals surface area contributed by atoms with Crippen LogP contribution < -0.4 is 0 Å². The van der Waals surface area contributed by atoms with Crippen molar-refractivity contribution in [3.63, 3.8) is 0 Å². The molecule has 0 aliphatic rings. The number of hydrogen-bond donors (Lipinski definition) is 0. The van der Waals surface area contributed by atoms with Crippen LogP contribution in [0.4, 0.5) is 0 Å². The molecule has 3 aromatic heterocycles. The van der Waals surface area contributed by atoms with Gasteiger partial charge in [0.25, 0.3) is 0 Å². The summed E-state index contributed by atoms with van der Waals surface area (Å²) >= 11 is 0. The fourth-order valence-corrected chi connectivity index (χ4v) is 7.02. The van der Waals surface area contributed by atoms with Gasteiger partial charge in [-0.25, -0.2) is 29.9 Å². The summed E-state index contributed by atoms with van der Waals surface area (Å²) in [5.74, 6) is 3.30. The number of rotatable bonds is 7. The number of benzene rings is 7. The Kier molecular flexibility index (Phi) is 8.36. The molecule has 0 N–H and O–H groups in total. The minimum absolute atomic E-state index is 0.463. The number of aromatic nitrogens is 6. The molecule has 0 unspecified atom stereocenters. The van der Waals surface area contributed by atoms with Crippen LogP contribution in [0.2, 0.25) is 0 Å². The molecule has 0 radical (unpaired) electrons. The average molecular weight is 732 g/mol. The van der Waals surface area contributed by atoms with Crippen LogP contribution in [0.15, 0.2) is 180 Å². The first-order valence-electron chi connectivity index (χ1n) is 18.4. The van der Waals surface area contributed by atoms with Gasteiger partial charge in [-0.2, -0.15) is 5.26 Å². The van der Waals surface area contributed by atoms with E-state index in [9.17, 15) is 5.26 Å². The molecule has 0 aliphatic carbocycles. The largest absolute Gasteiger partial charge is 0.455 e. The van der Waals surface area contributed by atoms with Gasteiger partial charge < -0.3 is 4.42 Å². The molecule has 3 heterocycles. The van der Waals surface area contributed by atoms with E-state index in [1.807, 2.05) is 170 Å². The lowest BCUT2D eigenvalue weighted by Gasteiger charge is -2.10. The molecule has 10 rings (SSSR count). The lowest BCUT2D eigenvalue weighted by molar-refractivity contribution is 0.670. The highest BCUT2D eigenvalue weighted by molar-refractivity contribution is 6.10. The zero-order valence-electron chi connectivity index (χ0n) is 30.3. The second kappa shape index (κ2) is 14.3. The third-order valence-corrected chi connectivity index (χ3v) is 9.79. The van der Waals surface area contributed by atoms with Crippen molar-refractivity contribution >= 4 is 21.9 Å². The van der Waals surface area contributed by atoms with E-state index >= 15 is 0 Å². The monoisotopic (exact) mass is 731 g/mol. The number of nitrogens with zero attached hydrogens (tertiary/aromatic N) is 7. The highest BCUT2D eigenvalue weighted by Gasteiger charge is 2.19. The molecule has 8 heteroatoms. The summed E-state index contributed by atoms with van der Waals surface area (Å²) in [6, 6.07) is 59.6. The first-order chi connectivity index (χ1) is 28.2. The van der Waals surface area contributed by atoms with Crippen molar-refractivity contribution in [2.24, 2.45) is 0 Å². The average Bonchev–Trinajstić information content (AvgIpc) is 3.68. The maximum Gasteiger partial charge on any atom is 0.164 e. The Morgan fingerprint density at radius 3 is 1.26 bits per heavy atom. The lowest BCUT2D eigenvalue weighted by Crippen LogP contribution is -2.00. The van der Waals surface area contributed by atoms with Crippen molar-refractivity contribution in [2.75, 3.05) is 0 Å². The van der Waals surface area contributed by atoms with Crippen molar-refractivity contribution in [3.8, 4) is 85.5 Å². The summed E-state index contributed by atoms with van der Waals surface area (Å²) in [6.45, 7) is 0. The van der Waals surface area contributed by atoms with E-state index in [0.29, 0.717) is 51.7 Å². The second-order valence-corrected chi connectivity index (χ2v) is 13.5. The van der Waals surface area contributed by atoms with E-state index in [1.54, 1.807) is 0 Å². The summed E-state index contributed by atoms with van der Waals surface area (Å²) in [5.41, 5.74) is 8.59. The summed E-state index contributed by atoms with van der Waals surface area (Å²) in [6.07, 6.45) is 0. The molecule has 0 saturated heterocycles. The number of nitriles is 1. The standard InChI is InChI=1S/C49H29N7O/c50-30-31-26-37(28-38(27-31)49-55-46(34-18-9-3-10-19-34)52-47(56-49)35-20-11-4-12-21-35)39-22-13-23-40-41-29-36(24-25-42(41)57-43(39)40)48-53-44(32-14-5-1-6-15-32)51-45(54-48)33-16-7-2-8-17-33/h1-29H. The summed E-state index contributed by atoms with van der Waals surface area (Å²) in [7, 11) is 0. The summed E-state index contributed by atoms with van der Waals surface area (Å²) in [5, 5.41) is 12.1. The van der Waals surface area contributed by atoms with E-state index in [4.69, 9.17) is 34.3 Å². The summed E-state index contributed by atoms with van der Waals surface area (Å²) < 4.78 is 6.61. The van der Waals surface area contributed by atoms with Crippen LogP contribution >= 0.6 is 0 Å². The quantitative estimate of drug-likeness (QED) is 0.159. The molecule has 0 fully saturated rings. The van der Waals surface area contributed by atoms with Crippen molar-refractivity contribution < 1.29 is 4.42 Å². The maximum absolute atomic E-state index is 10.3. The van der Waals surface area contributed by atoms with Gasteiger partial charge in [-0.3, -0.25) is 0 Å². The molecular formula is C49H29N7O. The molecule has 0 spiro atoms. The van der Waals surface area contributed by atoms with E-state index in [1.165, 1.54) is 0 Å². The minimum Gasteiger partial charge on any atom is -0.455 e. The highest BCUT2D eigenvalue weighted by atomic mass is 16.3. The molecule has 0 aliphatic heterocycles. The Labute approximate surface area is 327 Å². The maximum atomic E-state index is 10.3. The van der Waals surface area contributed by atoms with Crippen LogP contribution in [-0.2, 0) is 0 Å². The molecule has 8 nitrogen and oxygen atoms in total. The Bertz CT molecular complexity index is 3010. The minimum atomic E-state index is 0.463. The normalized spacial score (nSPS) is 11.1. The van der Waals surface area contributed by atoms with Gasteiger partial charge in [0.2, 0.25) is 0 Å². The van der Waals surface area contributed by atoms with Crippen molar-refractivity contribution in [1.29, 1.82) is 5.26 Å². The Hall–Kier alpha value is -8.15. The van der Waals surface area contributed by atoms with Gasteiger partial charge >= 0.3 is 0 Å². The third kappa shape index (κ3) is 6.45. The highest BCUT2D eigenvalue weighted by Crippen LogP contribution is 2.39. The van der Waals surface area contributed by atoms with Crippen LogP contribution in [0.25, 0.3) is 101 Å². The molecule has 57 heavy (non-hydrogen) atoms. The zero-order chi connectivity index (χ0) is 38.1. The lowest BCUT2D eigenvalue weighted by atomic mass is 9.97. The van der Waals surface area contributed by atoms with E-state index in [-0.39, 0.29) is 0 Å². The first-order valence-corrected chi connectivity index (χ1v) is 18.4. The number of furan rings is 1. The van der Waals surface area contributed by atoms with Gasteiger partial charge in [-0.05, 0) is 42.0 Å². The molecule has 0 saturated carbocycles. The molecule has 0 bridgehead atoms. The van der Waals surface area contributed by atoms with Crippen molar-refractivity contribution in [1.82, 2.24) is 29.9 Å². The fraction of sp³-hybridized carbons (Fsp3) is 0. The predicted molar refractivity (Wildman–Crippen MR) is 223 cm³/mol. The van der Waals surface area contributed by atoms with Crippen molar-refractivity contribution in [3.05, 3.63) is 181 Å². The molecule has 0 atom stereocenters. The van der Waals surface area contributed by atoms with Crippen LogP contribution in [0.1, 0.15) is 5.56 Å². The van der Waals surface area contributed by atoms with E-state index in [0.717, 1.165) is 55.3 Å². The molecule has 0 amide bonds. The van der Waals surface area contributed by atoms with Gasteiger partial charge in [-0.15, -0.1) is 0 Å². The second-order valence-electron chi connectivity index (χ2n) is 13.5. The topological polar surface area (TPSA) is 114 Å².